The van der Waals surface area contributed by atoms with Gasteiger partial charge in [-0.3, -0.25) is 9.59 Å². The van der Waals surface area contributed by atoms with Crippen molar-refractivity contribution in [1.29, 1.82) is 0 Å². The van der Waals surface area contributed by atoms with Gasteiger partial charge in [-0.2, -0.15) is 0 Å². The highest BCUT2D eigenvalue weighted by Crippen LogP contribution is 2.26. The molecular formula is C16H12ClF2N3O2. The van der Waals surface area contributed by atoms with Crippen molar-refractivity contribution in [2.24, 2.45) is 0 Å². The van der Waals surface area contributed by atoms with Gasteiger partial charge in [0.15, 0.2) is 17.4 Å². The zero-order valence-electron chi connectivity index (χ0n) is 12.3. The van der Waals surface area contributed by atoms with Crippen LogP contribution in [0.2, 0.25) is 5.15 Å². The summed E-state index contributed by atoms with van der Waals surface area (Å²) in [6.07, 6.45) is 1.96. The maximum absolute atomic E-state index is 13.1. The van der Waals surface area contributed by atoms with Crippen molar-refractivity contribution >= 4 is 29.0 Å². The quantitative estimate of drug-likeness (QED) is 0.655. The number of benzene rings is 1. The van der Waals surface area contributed by atoms with E-state index in [0.717, 1.165) is 17.7 Å². The Morgan fingerprint density at radius 2 is 2.08 bits per heavy atom. The molecule has 1 aliphatic heterocycles. The Morgan fingerprint density at radius 1 is 1.29 bits per heavy atom. The van der Waals surface area contributed by atoms with Crippen LogP contribution in [0.5, 0.6) is 0 Å². The number of aromatic nitrogens is 1. The van der Waals surface area contributed by atoms with Gasteiger partial charge in [0.25, 0.3) is 0 Å². The van der Waals surface area contributed by atoms with Gasteiger partial charge in [0.1, 0.15) is 11.2 Å². The third kappa shape index (κ3) is 3.35. The first kappa shape index (κ1) is 16.3. The molecule has 0 bridgehead atoms. The van der Waals surface area contributed by atoms with Gasteiger partial charge in [0.05, 0.1) is 18.4 Å². The number of carbonyl (C=O) groups is 2. The van der Waals surface area contributed by atoms with Crippen LogP contribution < -0.4 is 10.6 Å². The summed E-state index contributed by atoms with van der Waals surface area (Å²) in [6.45, 7) is -0.308. The lowest BCUT2D eigenvalue weighted by molar-refractivity contribution is -0.121. The van der Waals surface area contributed by atoms with Gasteiger partial charge >= 0.3 is 0 Å². The van der Waals surface area contributed by atoms with E-state index in [-0.39, 0.29) is 18.0 Å². The average molecular weight is 352 g/mol. The van der Waals surface area contributed by atoms with Crippen LogP contribution in [-0.4, -0.2) is 29.3 Å². The number of halogens is 3. The lowest BCUT2D eigenvalue weighted by atomic mass is 10.1. The molecule has 1 unspecified atom stereocenters. The number of nitrogens with one attached hydrogen (secondary N) is 2. The molecule has 0 fully saturated rings. The van der Waals surface area contributed by atoms with Gasteiger partial charge in [-0.25, -0.2) is 13.8 Å². The Labute approximate surface area is 141 Å². The number of nitrogens with zero attached hydrogens (tertiary/aromatic N) is 1. The smallest absolute Gasteiger partial charge is 0.243 e. The van der Waals surface area contributed by atoms with E-state index < -0.39 is 23.5 Å². The SMILES string of the molecule is O=C(CNC(=O)C1Cc2cc(Cl)ncc2N1)c1ccc(F)c(F)c1. The first-order valence-corrected chi connectivity index (χ1v) is 7.49. The third-order valence-corrected chi connectivity index (χ3v) is 3.90. The van der Waals surface area contributed by atoms with Crippen molar-refractivity contribution in [3.05, 3.63) is 58.4 Å². The maximum atomic E-state index is 13.1. The van der Waals surface area contributed by atoms with E-state index in [4.69, 9.17) is 11.6 Å². The standard InChI is InChI=1S/C16H12ClF2N3O2/c17-15-5-9-4-12(22-13(9)6-20-15)16(24)21-7-14(23)8-1-2-10(18)11(19)3-8/h1-3,5-6,12,22H,4,7H2,(H,21,24). The monoisotopic (exact) mass is 351 g/mol. The van der Waals surface area contributed by atoms with Crippen molar-refractivity contribution in [3.63, 3.8) is 0 Å². The number of anilines is 1. The van der Waals surface area contributed by atoms with Gasteiger partial charge in [-0.15, -0.1) is 0 Å². The van der Waals surface area contributed by atoms with Crippen LogP contribution in [-0.2, 0) is 11.2 Å². The molecule has 2 N–H and O–H groups in total. The van der Waals surface area contributed by atoms with Crippen molar-refractivity contribution < 1.29 is 18.4 Å². The van der Waals surface area contributed by atoms with E-state index in [1.54, 1.807) is 6.07 Å². The Bertz CT molecular complexity index is 829. The summed E-state index contributed by atoms with van der Waals surface area (Å²) in [5.74, 6) is -3.03. The Balaban J connectivity index is 1.58. The summed E-state index contributed by atoms with van der Waals surface area (Å²) in [6, 6.07) is 3.98. The van der Waals surface area contributed by atoms with Gasteiger partial charge in [0, 0.05) is 12.0 Å². The molecule has 1 aromatic heterocycles. The molecule has 1 atom stereocenters. The fourth-order valence-corrected chi connectivity index (χ4v) is 2.63. The molecule has 24 heavy (non-hydrogen) atoms. The number of fused-ring (bicyclic) bond motifs is 1. The molecule has 124 valence electrons. The maximum Gasteiger partial charge on any atom is 0.243 e. The number of hydrogen-bond donors (Lipinski definition) is 2. The highest BCUT2D eigenvalue weighted by atomic mass is 35.5. The van der Waals surface area contributed by atoms with E-state index in [1.165, 1.54) is 12.3 Å². The molecule has 0 saturated heterocycles. The van der Waals surface area contributed by atoms with E-state index in [9.17, 15) is 18.4 Å². The summed E-state index contributed by atoms with van der Waals surface area (Å²) in [5.41, 5.74) is 1.57. The van der Waals surface area contributed by atoms with Crippen LogP contribution in [0.3, 0.4) is 0 Å². The molecule has 3 rings (SSSR count). The second-order valence-electron chi connectivity index (χ2n) is 5.34. The molecule has 1 aliphatic rings. The highest BCUT2D eigenvalue weighted by Gasteiger charge is 2.27. The number of carbonyl (C=O) groups excluding carboxylic acids is 2. The van der Waals surface area contributed by atoms with Crippen molar-refractivity contribution in [3.8, 4) is 0 Å². The van der Waals surface area contributed by atoms with E-state index in [0.29, 0.717) is 17.3 Å². The summed E-state index contributed by atoms with van der Waals surface area (Å²) < 4.78 is 26.0. The largest absolute Gasteiger partial charge is 0.372 e. The van der Waals surface area contributed by atoms with Crippen LogP contribution in [0.4, 0.5) is 14.5 Å². The average Bonchev–Trinajstić information content (AvgIpc) is 2.98. The minimum absolute atomic E-state index is 0.00662. The normalized spacial score (nSPS) is 15.5. The first-order valence-electron chi connectivity index (χ1n) is 7.11. The fourth-order valence-electron chi connectivity index (χ4n) is 2.45. The Hall–Kier alpha value is -2.54. The van der Waals surface area contributed by atoms with Crippen molar-refractivity contribution in [1.82, 2.24) is 10.3 Å². The Kier molecular flexibility index (Phi) is 4.44. The third-order valence-electron chi connectivity index (χ3n) is 3.69. The molecule has 8 heteroatoms. The Morgan fingerprint density at radius 3 is 2.83 bits per heavy atom. The molecule has 1 amide bonds. The van der Waals surface area contributed by atoms with Crippen LogP contribution in [0, 0.1) is 11.6 Å². The van der Waals surface area contributed by atoms with Crippen LogP contribution in [0.15, 0.2) is 30.5 Å². The van der Waals surface area contributed by atoms with Gasteiger partial charge < -0.3 is 10.6 Å². The molecule has 1 aromatic carbocycles. The summed E-state index contributed by atoms with van der Waals surface area (Å²) in [5, 5.41) is 5.81. The number of hydrogen-bond acceptors (Lipinski definition) is 4. The summed E-state index contributed by atoms with van der Waals surface area (Å²) in [7, 11) is 0. The molecular weight excluding hydrogens is 340 g/mol. The highest BCUT2D eigenvalue weighted by molar-refractivity contribution is 6.29. The topological polar surface area (TPSA) is 71.1 Å². The van der Waals surface area contributed by atoms with Crippen molar-refractivity contribution in [2.75, 3.05) is 11.9 Å². The molecule has 0 aliphatic carbocycles. The number of Topliss-reactive ketones (excluding diaryl/α,β-unsaturated/α-hetero) is 1. The fraction of sp³-hybridized carbons (Fsp3) is 0.188. The number of ketones is 1. The molecule has 5 nitrogen and oxygen atoms in total. The minimum atomic E-state index is -1.11. The number of rotatable bonds is 4. The molecule has 0 spiro atoms. The number of amides is 1. The lowest BCUT2D eigenvalue weighted by Gasteiger charge is -2.11. The second-order valence-corrected chi connectivity index (χ2v) is 5.72. The number of pyridine rings is 1. The summed E-state index contributed by atoms with van der Waals surface area (Å²) >= 11 is 5.80. The predicted molar refractivity (Wildman–Crippen MR) is 84.1 cm³/mol. The zero-order valence-corrected chi connectivity index (χ0v) is 13.0. The first-order chi connectivity index (χ1) is 11.4. The molecule has 0 radical (unpaired) electrons. The predicted octanol–water partition coefficient (Wildman–Crippen LogP) is 2.35. The minimum Gasteiger partial charge on any atom is -0.372 e. The van der Waals surface area contributed by atoms with Gasteiger partial charge in [-0.1, -0.05) is 11.6 Å². The van der Waals surface area contributed by atoms with E-state index in [2.05, 4.69) is 15.6 Å². The molecule has 2 aromatic rings. The van der Waals surface area contributed by atoms with Gasteiger partial charge in [0.2, 0.25) is 5.91 Å². The summed E-state index contributed by atoms with van der Waals surface area (Å²) in [4.78, 5) is 28.0. The van der Waals surface area contributed by atoms with E-state index in [1.807, 2.05) is 0 Å². The van der Waals surface area contributed by atoms with Crippen LogP contribution >= 0.6 is 11.6 Å². The molecule has 0 saturated carbocycles. The lowest BCUT2D eigenvalue weighted by Crippen LogP contribution is -2.40. The van der Waals surface area contributed by atoms with E-state index >= 15 is 0 Å². The van der Waals surface area contributed by atoms with Crippen LogP contribution in [0.25, 0.3) is 0 Å². The van der Waals surface area contributed by atoms with Gasteiger partial charge in [-0.05, 0) is 29.8 Å². The zero-order chi connectivity index (χ0) is 17.3. The van der Waals surface area contributed by atoms with Crippen LogP contribution in [0.1, 0.15) is 15.9 Å². The molecule has 2 heterocycles. The second kappa shape index (κ2) is 6.52. The van der Waals surface area contributed by atoms with Crippen molar-refractivity contribution in [2.45, 2.75) is 12.5 Å².